The second-order valence-corrected chi connectivity index (χ2v) is 6.36. The van der Waals surface area contributed by atoms with E-state index < -0.39 is 0 Å². The van der Waals surface area contributed by atoms with Crippen LogP contribution in [0.25, 0.3) is 0 Å². The number of nitrogens with zero attached hydrogens (tertiary/aromatic N) is 1. The van der Waals surface area contributed by atoms with Crippen molar-refractivity contribution in [1.82, 2.24) is 10.6 Å². The SMILES string of the molecule is CCCC(=O)Nc1ccc(CNC(=NC)NCCCOc2ccccc2)cc1.I. The second kappa shape index (κ2) is 14.7. The maximum Gasteiger partial charge on any atom is 0.224 e. The molecule has 0 aliphatic heterocycles. The van der Waals surface area contributed by atoms with Gasteiger partial charge in [-0.2, -0.15) is 0 Å². The van der Waals surface area contributed by atoms with Crippen molar-refractivity contribution >= 4 is 41.5 Å². The van der Waals surface area contributed by atoms with Crippen LogP contribution in [0.4, 0.5) is 5.69 Å². The third-order valence-corrected chi connectivity index (χ3v) is 4.02. The Morgan fingerprint density at radius 1 is 1.03 bits per heavy atom. The maximum atomic E-state index is 11.6. The summed E-state index contributed by atoms with van der Waals surface area (Å²) in [5, 5.41) is 9.46. The van der Waals surface area contributed by atoms with Crippen LogP contribution in [0.2, 0.25) is 0 Å². The summed E-state index contributed by atoms with van der Waals surface area (Å²) in [6.07, 6.45) is 2.27. The summed E-state index contributed by atoms with van der Waals surface area (Å²) in [6.45, 7) is 4.07. The van der Waals surface area contributed by atoms with Crippen molar-refractivity contribution in [3.05, 3.63) is 60.2 Å². The number of aliphatic imine (C=N–C) groups is 1. The normalized spacial score (nSPS) is 10.6. The highest BCUT2D eigenvalue weighted by Gasteiger charge is 2.02. The number of halogens is 1. The van der Waals surface area contributed by atoms with Crippen molar-refractivity contribution in [1.29, 1.82) is 0 Å². The third kappa shape index (κ3) is 10.2. The molecule has 0 spiro atoms. The molecule has 0 fully saturated rings. The first-order valence-electron chi connectivity index (χ1n) is 9.72. The van der Waals surface area contributed by atoms with Gasteiger partial charge in [0.15, 0.2) is 5.96 Å². The van der Waals surface area contributed by atoms with E-state index in [1.807, 2.05) is 61.5 Å². The highest BCUT2D eigenvalue weighted by Crippen LogP contribution is 2.10. The molecule has 0 aliphatic rings. The van der Waals surface area contributed by atoms with E-state index in [0.717, 1.165) is 42.3 Å². The molecule has 3 N–H and O–H groups in total. The van der Waals surface area contributed by atoms with E-state index >= 15 is 0 Å². The van der Waals surface area contributed by atoms with Gasteiger partial charge in [-0.3, -0.25) is 9.79 Å². The summed E-state index contributed by atoms with van der Waals surface area (Å²) >= 11 is 0. The van der Waals surface area contributed by atoms with Crippen LogP contribution in [0.15, 0.2) is 59.6 Å². The predicted octanol–water partition coefficient (Wildman–Crippen LogP) is 4.18. The van der Waals surface area contributed by atoms with E-state index in [2.05, 4.69) is 20.9 Å². The van der Waals surface area contributed by atoms with E-state index in [1.165, 1.54) is 0 Å². The molecule has 2 rings (SSSR count). The van der Waals surface area contributed by atoms with E-state index in [4.69, 9.17) is 4.74 Å². The molecule has 0 saturated heterocycles. The third-order valence-electron chi connectivity index (χ3n) is 4.02. The standard InChI is InChI=1S/C22H30N4O2.HI/c1-3-8-21(27)26-19-13-11-18(12-14-19)17-25-22(23-2)24-15-7-16-28-20-9-5-4-6-10-20;/h4-6,9-14H,3,7-8,15-17H2,1-2H3,(H,26,27)(H2,23,24,25);1H. The van der Waals surface area contributed by atoms with Gasteiger partial charge in [-0.25, -0.2) is 0 Å². The molecule has 2 aromatic rings. The quantitative estimate of drug-likeness (QED) is 0.194. The fourth-order valence-electron chi connectivity index (χ4n) is 2.55. The van der Waals surface area contributed by atoms with Crippen LogP contribution in [-0.2, 0) is 11.3 Å². The molecule has 0 saturated carbocycles. The lowest BCUT2D eigenvalue weighted by atomic mass is 10.2. The molecule has 0 radical (unpaired) electrons. The molecule has 0 aromatic heterocycles. The van der Waals surface area contributed by atoms with Crippen molar-refractivity contribution in [3.8, 4) is 5.75 Å². The zero-order valence-corrected chi connectivity index (χ0v) is 19.4. The Bertz CT molecular complexity index is 736. The molecule has 0 heterocycles. The highest BCUT2D eigenvalue weighted by atomic mass is 127. The number of benzene rings is 2. The van der Waals surface area contributed by atoms with Crippen molar-refractivity contribution in [2.45, 2.75) is 32.7 Å². The van der Waals surface area contributed by atoms with E-state index in [-0.39, 0.29) is 29.9 Å². The van der Waals surface area contributed by atoms with Gasteiger partial charge in [-0.15, -0.1) is 24.0 Å². The topological polar surface area (TPSA) is 74.8 Å². The number of rotatable bonds is 10. The monoisotopic (exact) mass is 510 g/mol. The number of carbonyl (C=O) groups excluding carboxylic acids is 1. The van der Waals surface area contributed by atoms with E-state index in [1.54, 1.807) is 7.05 Å². The fraction of sp³-hybridized carbons (Fsp3) is 0.364. The molecule has 0 bridgehead atoms. The number of amides is 1. The molecule has 0 aliphatic carbocycles. The van der Waals surface area contributed by atoms with Crippen LogP contribution < -0.4 is 20.7 Å². The van der Waals surface area contributed by atoms with Gasteiger partial charge in [0, 0.05) is 32.2 Å². The van der Waals surface area contributed by atoms with Gasteiger partial charge in [0.05, 0.1) is 6.61 Å². The van der Waals surface area contributed by atoms with Crippen molar-refractivity contribution in [2.24, 2.45) is 4.99 Å². The summed E-state index contributed by atoms with van der Waals surface area (Å²) in [6, 6.07) is 17.6. The lowest BCUT2D eigenvalue weighted by Gasteiger charge is -2.13. The Morgan fingerprint density at radius 2 is 1.76 bits per heavy atom. The van der Waals surface area contributed by atoms with Gasteiger partial charge in [0.25, 0.3) is 0 Å². The lowest BCUT2D eigenvalue weighted by molar-refractivity contribution is -0.116. The lowest BCUT2D eigenvalue weighted by Crippen LogP contribution is -2.37. The molecular weight excluding hydrogens is 479 g/mol. The Kier molecular flexibility index (Phi) is 12.5. The molecule has 0 unspecified atom stereocenters. The molecule has 29 heavy (non-hydrogen) atoms. The molecule has 7 heteroatoms. The summed E-state index contributed by atoms with van der Waals surface area (Å²) in [5.74, 6) is 1.69. The summed E-state index contributed by atoms with van der Waals surface area (Å²) in [4.78, 5) is 15.9. The Balaban J connectivity index is 0.00000420. The molecule has 6 nitrogen and oxygen atoms in total. The van der Waals surface area contributed by atoms with Crippen LogP contribution in [0.3, 0.4) is 0 Å². The number of anilines is 1. The molecule has 1 amide bonds. The first-order chi connectivity index (χ1) is 13.7. The van der Waals surface area contributed by atoms with E-state index in [9.17, 15) is 4.79 Å². The van der Waals surface area contributed by atoms with Crippen molar-refractivity contribution < 1.29 is 9.53 Å². The number of hydrogen-bond donors (Lipinski definition) is 3. The summed E-state index contributed by atoms with van der Waals surface area (Å²) < 4.78 is 5.67. The predicted molar refractivity (Wildman–Crippen MR) is 130 cm³/mol. The van der Waals surface area contributed by atoms with Gasteiger partial charge in [0.1, 0.15) is 5.75 Å². The van der Waals surface area contributed by atoms with Crippen molar-refractivity contribution in [2.75, 3.05) is 25.5 Å². The van der Waals surface area contributed by atoms with Crippen LogP contribution >= 0.6 is 24.0 Å². The minimum Gasteiger partial charge on any atom is -0.494 e. The molecule has 0 atom stereocenters. The minimum absolute atomic E-state index is 0. The average molecular weight is 510 g/mol. The molecular formula is C22H31IN4O2. The minimum atomic E-state index is 0. The number of ether oxygens (including phenoxy) is 1. The van der Waals surface area contributed by atoms with Gasteiger partial charge >= 0.3 is 0 Å². The average Bonchev–Trinajstić information content (AvgIpc) is 2.72. The first-order valence-corrected chi connectivity index (χ1v) is 9.72. The Labute approximate surface area is 190 Å². The van der Waals surface area contributed by atoms with E-state index in [0.29, 0.717) is 19.6 Å². The van der Waals surface area contributed by atoms with Crippen LogP contribution in [0.1, 0.15) is 31.7 Å². The number of hydrogen-bond acceptors (Lipinski definition) is 3. The largest absolute Gasteiger partial charge is 0.494 e. The Morgan fingerprint density at radius 3 is 2.41 bits per heavy atom. The smallest absolute Gasteiger partial charge is 0.224 e. The zero-order valence-electron chi connectivity index (χ0n) is 17.1. The number of carbonyl (C=O) groups is 1. The van der Waals surface area contributed by atoms with Crippen LogP contribution in [-0.4, -0.2) is 32.1 Å². The van der Waals surface area contributed by atoms with Gasteiger partial charge < -0.3 is 20.7 Å². The fourth-order valence-corrected chi connectivity index (χ4v) is 2.55. The number of nitrogens with one attached hydrogen (secondary N) is 3. The number of guanidine groups is 1. The molecule has 158 valence electrons. The second-order valence-electron chi connectivity index (χ2n) is 6.36. The van der Waals surface area contributed by atoms with Crippen LogP contribution in [0.5, 0.6) is 5.75 Å². The molecule has 2 aromatic carbocycles. The van der Waals surface area contributed by atoms with Gasteiger partial charge in [0.2, 0.25) is 5.91 Å². The van der Waals surface area contributed by atoms with Crippen LogP contribution in [0, 0.1) is 0 Å². The summed E-state index contributed by atoms with van der Waals surface area (Å²) in [7, 11) is 1.75. The summed E-state index contributed by atoms with van der Waals surface area (Å²) in [5.41, 5.74) is 1.94. The van der Waals surface area contributed by atoms with Gasteiger partial charge in [-0.1, -0.05) is 37.3 Å². The number of para-hydroxylation sites is 1. The Hall–Kier alpha value is -2.29. The van der Waals surface area contributed by atoms with Crippen molar-refractivity contribution in [3.63, 3.8) is 0 Å². The zero-order chi connectivity index (χ0) is 20.0. The highest BCUT2D eigenvalue weighted by molar-refractivity contribution is 14.0. The first kappa shape index (κ1) is 24.7. The maximum absolute atomic E-state index is 11.6. The van der Waals surface area contributed by atoms with Gasteiger partial charge in [-0.05, 0) is 42.7 Å².